The summed E-state index contributed by atoms with van der Waals surface area (Å²) in [7, 11) is 1.61. The molecular weight excluding hydrogens is 246 g/mol. The zero-order chi connectivity index (χ0) is 13.7. The maximum Gasteiger partial charge on any atom is 0.240 e. The highest BCUT2D eigenvalue weighted by atomic mass is 16.5. The smallest absolute Gasteiger partial charge is 0.240 e. The van der Waals surface area contributed by atoms with E-state index in [9.17, 15) is 0 Å². The van der Waals surface area contributed by atoms with Crippen molar-refractivity contribution in [2.75, 3.05) is 13.7 Å². The fourth-order valence-electron chi connectivity index (χ4n) is 1.77. The fourth-order valence-corrected chi connectivity index (χ4v) is 1.77. The Hall–Kier alpha value is -1.73. The standard InChI is InChI=1S/C12H19N5O2/c1-4-17(5-10-9(2)13-8-14-10)6-12-15-11(7-18-3)16-19-12/h8H,4-7H2,1-3H3,(H,13,14). The molecule has 104 valence electrons. The van der Waals surface area contributed by atoms with Crippen LogP contribution in [0.3, 0.4) is 0 Å². The zero-order valence-corrected chi connectivity index (χ0v) is 11.5. The summed E-state index contributed by atoms with van der Waals surface area (Å²) in [6.07, 6.45) is 1.71. The van der Waals surface area contributed by atoms with Crippen LogP contribution in [-0.2, 0) is 24.4 Å². The summed E-state index contributed by atoms with van der Waals surface area (Å²) in [5.41, 5.74) is 2.13. The summed E-state index contributed by atoms with van der Waals surface area (Å²) in [4.78, 5) is 13.8. The molecule has 2 heterocycles. The average Bonchev–Trinajstić information content (AvgIpc) is 2.99. The monoisotopic (exact) mass is 265 g/mol. The predicted molar refractivity (Wildman–Crippen MR) is 68.1 cm³/mol. The molecule has 0 aliphatic heterocycles. The summed E-state index contributed by atoms with van der Waals surface area (Å²) in [6, 6.07) is 0. The average molecular weight is 265 g/mol. The van der Waals surface area contributed by atoms with Gasteiger partial charge in [0, 0.05) is 19.3 Å². The van der Waals surface area contributed by atoms with E-state index in [1.165, 1.54) is 0 Å². The zero-order valence-electron chi connectivity index (χ0n) is 11.5. The maximum absolute atomic E-state index is 5.19. The van der Waals surface area contributed by atoms with Crippen molar-refractivity contribution in [3.05, 3.63) is 29.4 Å². The van der Waals surface area contributed by atoms with Gasteiger partial charge < -0.3 is 14.2 Å². The molecule has 0 aliphatic rings. The number of hydrogen-bond acceptors (Lipinski definition) is 6. The van der Waals surface area contributed by atoms with Gasteiger partial charge in [-0.15, -0.1) is 0 Å². The number of imidazole rings is 1. The topological polar surface area (TPSA) is 80.1 Å². The largest absolute Gasteiger partial charge is 0.377 e. The van der Waals surface area contributed by atoms with Gasteiger partial charge in [0.1, 0.15) is 6.61 Å². The summed E-state index contributed by atoms with van der Waals surface area (Å²) in [6.45, 7) is 6.73. The molecule has 2 rings (SSSR count). The van der Waals surface area contributed by atoms with Crippen molar-refractivity contribution in [1.29, 1.82) is 0 Å². The highest BCUT2D eigenvalue weighted by Gasteiger charge is 2.13. The second-order valence-corrected chi connectivity index (χ2v) is 4.31. The number of methoxy groups -OCH3 is 1. The van der Waals surface area contributed by atoms with Crippen LogP contribution in [0.5, 0.6) is 0 Å². The Morgan fingerprint density at radius 1 is 1.42 bits per heavy atom. The first-order valence-electron chi connectivity index (χ1n) is 6.24. The van der Waals surface area contributed by atoms with Crippen LogP contribution in [0.4, 0.5) is 0 Å². The van der Waals surface area contributed by atoms with Gasteiger partial charge in [-0.3, -0.25) is 4.90 Å². The van der Waals surface area contributed by atoms with Gasteiger partial charge in [-0.1, -0.05) is 12.1 Å². The molecule has 0 atom stereocenters. The molecule has 19 heavy (non-hydrogen) atoms. The minimum absolute atomic E-state index is 0.369. The third kappa shape index (κ3) is 3.62. The van der Waals surface area contributed by atoms with Crippen LogP contribution >= 0.6 is 0 Å². The van der Waals surface area contributed by atoms with Crippen molar-refractivity contribution in [3.8, 4) is 0 Å². The summed E-state index contributed by atoms with van der Waals surface area (Å²) in [5.74, 6) is 1.17. The number of aryl methyl sites for hydroxylation is 1. The Morgan fingerprint density at radius 3 is 2.89 bits per heavy atom. The van der Waals surface area contributed by atoms with E-state index in [1.807, 2.05) is 6.92 Å². The lowest BCUT2D eigenvalue weighted by Gasteiger charge is -2.17. The molecule has 0 radical (unpaired) electrons. The molecule has 0 fully saturated rings. The lowest BCUT2D eigenvalue weighted by atomic mass is 10.3. The predicted octanol–water partition coefficient (Wildman–Crippen LogP) is 1.27. The highest BCUT2D eigenvalue weighted by Crippen LogP contribution is 2.09. The first-order chi connectivity index (χ1) is 9.22. The van der Waals surface area contributed by atoms with E-state index in [0.29, 0.717) is 24.9 Å². The minimum Gasteiger partial charge on any atom is -0.377 e. The van der Waals surface area contributed by atoms with E-state index in [2.05, 4.69) is 31.9 Å². The highest BCUT2D eigenvalue weighted by molar-refractivity contribution is 5.08. The fraction of sp³-hybridized carbons (Fsp3) is 0.583. The van der Waals surface area contributed by atoms with Gasteiger partial charge in [0.25, 0.3) is 0 Å². The molecule has 0 saturated carbocycles. The van der Waals surface area contributed by atoms with Crippen molar-refractivity contribution in [2.24, 2.45) is 0 Å². The molecule has 0 spiro atoms. The van der Waals surface area contributed by atoms with Crippen molar-refractivity contribution < 1.29 is 9.26 Å². The van der Waals surface area contributed by atoms with Crippen LogP contribution < -0.4 is 0 Å². The first kappa shape index (κ1) is 13.7. The third-order valence-corrected chi connectivity index (χ3v) is 2.90. The Labute approximate surface area is 112 Å². The van der Waals surface area contributed by atoms with E-state index >= 15 is 0 Å². The molecule has 0 unspecified atom stereocenters. The van der Waals surface area contributed by atoms with Gasteiger partial charge in [-0.2, -0.15) is 4.98 Å². The van der Waals surface area contributed by atoms with E-state index in [1.54, 1.807) is 13.4 Å². The van der Waals surface area contributed by atoms with Crippen LogP contribution in [0, 0.1) is 6.92 Å². The number of rotatable bonds is 7. The molecule has 0 aromatic carbocycles. The van der Waals surface area contributed by atoms with Gasteiger partial charge in [0.05, 0.1) is 18.6 Å². The number of aromatic amines is 1. The second kappa shape index (κ2) is 6.44. The molecule has 7 nitrogen and oxygen atoms in total. The molecule has 1 N–H and O–H groups in total. The quantitative estimate of drug-likeness (QED) is 0.812. The molecular formula is C12H19N5O2. The summed E-state index contributed by atoms with van der Waals surface area (Å²) >= 11 is 0. The SMILES string of the molecule is CCN(Cc1nc(COC)no1)Cc1nc[nH]c1C. The normalized spacial score (nSPS) is 11.4. The molecule has 2 aromatic rings. The van der Waals surface area contributed by atoms with E-state index in [-0.39, 0.29) is 0 Å². The van der Waals surface area contributed by atoms with Crippen molar-refractivity contribution in [2.45, 2.75) is 33.5 Å². The Balaban J connectivity index is 1.96. The van der Waals surface area contributed by atoms with Crippen LogP contribution in [0.1, 0.15) is 30.0 Å². The first-order valence-corrected chi connectivity index (χ1v) is 6.24. The van der Waals surface area contributed by atoms with Gasteiger partial charge in [0.2, 0.25) is 5.89 Å². The van der Waals surface area contributed by atoms with Gasteiger partial charge in [-0.05, 0) is 13.5 Å². The number of nitrogens with zero attached hydrogens (tertiary/aromatic N) is 4. The summed E-state index contributed by atoms with van der Waals surface area (Å²) < 4.78 is 10.1. The molecule has 0 saturated heterocycles. The van der Waals surface area contributed by atoms with Gasteiger partial charge in [-0.25, -0.2) is 4.98 Å². The lowest BCUT2D eigenvalue weighted by Crippen LogP contribution is -2.23. The van der Waals surface area contributed by atoms with Crippen LogP contribution in [0.15, 0.2) is 10.9 Å². The van der Waals surface area contributed by atoms with E-state index in [4.69, 9.17) is 9.26 Å². The van der Waals surface area contributed by atoms with Gasteiger partial charge in [0.15, 0.2) is 5.82 Å². The van der Waals surface area contributed by atoms with Gasteiger partial charge >= 0.3 is 0 Å². The Morgan fingerprint density at radius 2 is 2.26 bits per heavy atom. The second-order valence-electron chi connectivity index (χ2n) is 4.31. The lowest BCUT2D eigenvalue weighted by molar-refractivity contribution is 0.174. The number of aromatic nitrogens is 4. The molecule has 2 aromatic heterocycles. The molecule has 7 heteroatoms. The Bertz CT molecular complexity index is 508. The van der Waals surface area contributed by atoms with Crippen molar-refractivity contribution in [1.82, 2.24) is 25.0 Å². The Kier molecular flexibility index (Phi) is 4.64. The summed E-state index contributed by atoms with van der Waals surface area (Å²) in [5, 5.41) is 3.85. The van der Waals surface area contributed by atoms with Crippen LogP contribution in [-0.4, -0.2) is 38.7 Å². The van der Waals surface area contributed by atoms with E-state index in [0.717, 1.165) is 24.5 Å². The maximum atomic E-state index is 5.19. The molecule has 0 amide bonds. The number of hydrogen-bond donors (Lipinski definition) is 1. The third-order valence-electron chi connectivity index (χ3n) is 2.90. The number of nitrogens with one attached hydrogen (secondary N) is 1. The van der Waals surface area contributed by atoms with Crippen molar-refractivity contribution in [3.63, 3.8) is 0 Å². The van der Waals surface area contributed by atoms with Crippen LogP contribution in [0.25, 0.3) is 0 Å². The van der Waals surface area contributed by atoms with Crippen LogP contribution in [0.2, 0.25) is 0 Å². The van der Waals surface area contributed by atoms with E-state index < -0.39 is 0 Å². The van der Waals surface area contributed by atoms with Crippen molar-refractivity contribution >= 4 is 0 Å². The number of H-pyrrole nitrogens is 1. The molecule has 0 bridgehead atoms. The molecule has 0 aliphatic carbocycles. The minimum atomic E-state index is 0.369. The number of ether oxygens (including phenoxy) is 1.